The minimum atomic E-state index is -6.53. The van der Waals surface area contributed by atoms with Crippen LogP contribution in [0.1, 0.15) is 115 Å². The standard InChI is InChI=1S/C23H26F12O2.C16H20F12O2/c1-3-13(2)15-9-16(18(36,20(24,25)26)21(27,28)29)11-17(10-15)19(22(30,31)32,23(33,34)35)37-12-14-7-5-4-6-8-14;1-3-7(2)8-4-9(11(29,13(17,18)19)14(20,21)22)6-10(5-8)12(30,15(23,24)25)16(26,27)28/h9-11,13-14,36H,3-8,12H2,1-2H3;7-10,29-30H,3-6H2,1-2H3. The van der Waals surface area contributed by atoms with Gasteiger partial charge in [-0.15, -0.1) is 0 Å². The van der Waals surface area contributed by atoms with Crippen molar-refractivity contribution in [2.24, 2.45) is 29.6 Å². The van der Waals surface area contributed by atoms with Gasteiger partial charge >= 0.3 is 49.4 Å². The molecule has 0 radical (unpaired) electrons. The third-order valence-electron chi connectivity index (χ3n) is 12.9. The van der Waals surface area contributed by atoms with Crippen LogP contribution in [0.3, 0.4) is 0 Å². The van der Waals surface area contributed by atoms with Crippen molar-refractivity contribution < 1.29 is 125 Å². The van der Waals surface area contributed by atoms with E-state index in [1.807, 2.05) is 0 Å². The summed E-state index contributed by atoms with van der Waals surface area (Å²) in [5, 5.41) is 29.0. The van der Waals surface area contributed by atoms with Gasteiger partial charge in [-0.25, -0.2) is 0 Å². The highest BCUT2D eigenvalue weighted by molar-refractivity contribution is 5.41. The number of halogens is 24. The Morgan fingerprint density at radius 2 is 0.866 bits per heavy atom. The number of ether oxygens (including phenoxy) is 1. The summed E-state index contributed by atoms with van der Waals surface area (Å²) in [6.45, 7) is 4.12. The molecule has 2 aliphatic rings. The number of rotatable bonds is 11. The van der Waals surface area contributed by atoms with Crippen LogP contribution in [-0.4, -0.2) is 82.5 Å². The van der Waals surface area contributed by atoms with E-state index in [4.69, 9.17) is 0 Å². The van der Waals surface area contributed by atoms with Crippen molar-refractivity contribution in [2.45, 2.75) is 170 Å². The normalized spacial score (nSPS) is 22.0. The maximum atomic E-state index is 14.3. The fraction of sp³-hybridized carbons (Fsp3) is 0.846. The second-order valence-electron chi connectivity index (χ2n) is 17.1. The Labute approximate surface area is 366 Å². The van der Waals surface area contributed by atoms with E-state index in [9.17, 15) is 121 Å². The summed E-state index contributed by atoms with van der Waals surface area (Å²) in [5.74, 6) is -10.3. The molecule has 394 valence electrons. The number of hydrogen-bond acceptors (Lipinski definition) is 4. The van der Waals surface area contributed by atoms with Crippen LogP contribution in [0.4, 0.5) is 105 Å². The first-order valence-electron chi connectivity index (χ1n) is 20.2. The van der Waals surface area contributed by atoms with Gasteiger partial charge in [0.2, 0.25) is 0 Å². The van der Waals surface area contributed by atoms with Gasteiger partial charge in [0.15, 0.2) is 0 Å². The lowest BCUT2D eigenvalue weighted by Crippen LogP contribution is -2.67. The predicted molar refractivity (Wildman–Crippen MR) is 185 cm³/mol. The first-order chi connectivity index (χ1) is 29.7. The van der Waals surface area contributed by atoms with Crippen LogP contribution in [0.15, 0.2) is 18.2 Å². The molecule has 3 N–H and O–H groups in total. The third kappa shape index (κ3) is 11.6. The second kappa shape index (κ2) is 19.9. The summed E-state index contributed by atoms with van der Waals surface area (Å²) in [5.41, 5.74) is -27.0. The molecule has 67 heavy (non-hydrogen) atoms. The van der Waals surface area contributed by atoms with Crippen LogP contribution in [0.25, 0.3) is 0 Å². The van der Waals surface area contributed by atoms with Crippen LogP contribution in [0.5, 0.6) is 0 Å². The zero-order chi connectivity index (χ0) is 52.8. The molecule has 3 rings (SSSR count). The summed E-state index contributed by atoms with van der Waals surface area (Å²) in [4.78, 5) is 0. The number of benzene rings is 1. The van der Waals surface area contributed by atoms with Crippen LogP contribution in [0.2, 0.25) is 0 Å². The van der Waals surface area contributed by atoms with Gasteiger partial charge in [-0.3, -0.25) is 0 Å². The lowest BCUT2D eigenvalue weighted by Gasteiger charge is -2.49. The molecule has 1 aromatic rings. The number of alkyl halides is 24. The molecular weight excluding hydrogens is 988 g/mol. The van der Waals surface area contributed by atoms with Gasteiger partial charge in [0.05, 0.1) is 6.61 Å². The van der Waals surface area contributed by atoms with E-state index < -0.39 is 156 Å². The van der Waals surface area contributed by atoms with E-state index in [-0.39, 0.29) is 37.8 Å². The maximum absolute atomic E-state index is 14.3. The Hall–Kier alpha value is -2.62. The zero-order valence-corrected chi connectivity index (χ0v) is 35.3. The van der Waals surface area contributed by atoms with E-state index in [2.05, 4.69) is 4.74 Å². The molecule has 0 amide bonds. The molecule has 28 heteroatoms. The van der Waals surface area contributed by atoms with Gasteiger partial charge in [0, 0.05) is 23.0 Å². The zero-order valence-electron chi connectivity index (χ0n) is 35.3. The molecule has 2 fully saturated rings. The van der Waals surface area contributed by atoms with Crippen molar-refractivity contribution in [2.75, 3.05) is 6.61 Å². The topological polar surface area (TPSA) is 69.9 Å². The maximum Gasteiger partial charge on any atom is 0.430 e. The van der Waals surface area contributed by atoms with E-state index >= 15 is 0 Å². The highest BCUT2D eigenvalue weighted by atomic mass is 19.4. The molecule has 0 bridgehead atoms. The van der Waals surface area contributed by atoms with Gasteiger partial charge in [0.25, 0.3) is 22.4 Å². The molecule has 4 unspecified atom stereocenters. The first-order valence-corrected chi connectivity index (χ1v) is 20.2. The van der Waals surface area contributed by atoms with E-state index in [0.717, 1.165) is 0 Å². The second-order valence-corrected chi connectivity index (χ2v) is 17.1. The fourth-order valence-electron chi connectivity index (χ4n) is 8.49. The van der Waals surface area contributed by atoms with Crippen molar-refractivity contribution >= 4 is 0 Å². The first kappa shape index (κ1) is 60.5. The molecule has 0 aliphatic heterocycles. The molecule has 0 spiro atoms. The largest absolute Gasteiger partial charge is 0.430 e. The Morgan fingerprint density at radius 1 is 0.493 bits per heavy atom. The van der Waals surface area contributed by atoms with Gasteiger partial charge < -0.3 is 20.1 Å². The summed E-state index contributed by atoms with van der Waals surface area (Å²) >= 11 is 0. The molecule has 0 heterocycles. The van der Waals surface area contributed by atoms with Crippen LogP contribution in [0, 0.1) is 29.6 Å². The van der Waals surface area contributed by atoms with Crippen molar-refractivity contribution in [1.82, 2.24) is 0 Å². The summed E-state index contributed by atoms with van der Waals surface area (Å²) in [6.07, 6.45) is -53.5. The van der Waals surface area contributed by atoms with E-state index in [0.29, 0.717) is 19.3 Å². The third-order valence-corrected chi connectivity index (χ3v) is 12.9. The molecule has 0 saturated heterocycles. The van der Waals surface area contributed by atoms with Crippen molar-refractivity contribution in [3.63, 3.8) is 0 Å². The minimum absolute atomic E-state index is 0.0248. The Balaban J connectivity index is 0.000000471. The summed E-state index contributed by atoms with van der Waals surface area (Å²) in [6, 6.07) is -0.196. The highest BCUT2D eigenvalue weighted by Gasteiger charge is 2.79. The smallest absolute Gasteiger partial charge is 0.373 e. The number of hydrogen-bond donors (Lipinski definition) is 3. The van der Waals surface area contributed by atoms with Gasteiger partial charge in [-0.2, -0.15) is 105 Å². The highest BCUT2D eigenvalue weighted by Crippen LogP contribution is 2.60. The predicted octanol–water partition coefficient (Wildman–Crippen LogP) is 14.2. The summed E-state index contributed by atoms with van der Waals surface area (Å²) in [7, 11) is 0. The van der Waals surface area contributed by atoms with Gasteiger partial charge in [-0.05, 0) is 73.8 Å². The van der Waals surface area contributed by atoms with Crippen molar-refractivity contribution in [3.05, 3.63) is 34.9 Å². The van der Waals surface area contributed by atoms with E-state index in [1.165, 1.54) is 27.7 Å². The van der Waals surface area contributed by atoms with Crippen molar-refractivity contribution in [1.29, 1.82) is 0 Å². The SMILES string of the molecule is CCC(C)C1CC(C(O)(C(F)(F)F)C(F)(F)F)CC(C(O)(C(F)(F)F)C(F)(F)F)C1.CCC(C)c1cc(C(O)(C(F)(F)F)C(F)(F)F)cc(C(OCC2CCCCC2)(C(F)(F)F)C(F)(F)F)c1. The Kier molecular flexibility index (Phi) is 18.0. The van der Waals surface area contributed by atoms with Crippen LogP contribution in [-0.2, 0) is 15.9 Å². The minimum Gasteiger partial charge on any atom is -0.373 e. The molecule has 4 atom stereocenters. The molecule has 2 saturated carbocycles. The Morgan fingerprint density at radius 3 is 1.18 bits per heavy atom. The quantitative estimate of drug-likeness (QED) is 0.193. The Bertz CT molecular complexity index is 1640. The van der Waals surface area contributed by atoms with Crippen LogP contribution >= 0.6 is 0 Å². The monoisotopic (exact) mass is 1030 g/mol. The lowest BCUT2D eigenvalue weighted by molar-refractivity contribution is -0.405. The van der Waals surface area contributed by atoms with E-state index in [1.54, 1.807) is 0 Å². The average Bonchev–Trinajstić information content (AvgIpc) is 3.16. The molecular formula is C39H46F24O4. The van der Waals surface area contributed by atoms with Gasteiger partial charge in [-0.1, -0.05) is 65.5 Å². The van der Waals surface area contributed by atoms with Crippen molar-refractivity contribution in [3.8, 4) is 0 Å². The van der Waals surface area contributed by atoms with Crippen LogP contribution < -0.4 is 0 Å². The molecule has 1 aromatic carbocycles. The lowest BCUT2D eigenvalue weighted by atomic mass is 9.61. The average molecular weight is 1030 g/mol. The number of aliphatic hydroxyl groups is 3. The molecule has 4 nitrogen and oxygen atoms in total. The fourth-order valence-corrected chi connectivity index (χ4v) is 8.49. The summed E-state index contributed by atoms with van der Waals surface area (Å²) < 4.78 is 330. The van der Waals surface area contributed by atoms with Gasteiger partial charge in [0.1, 0.15) is 0 Å². The molecule has 2 aliphatic carbocycles. The molecule has 0 aromatic heterocycles.